The summed E-state index contributed by atoms with van der Waals surface area (Å²) in [5, 5.41) is 8.61. The molecule has 0 aliphatic rings. The average molecular weight is 310 g/mol. The first kappa shape index (κ1) is 17.6. The van der Waals surface area contributed by atoms with E-state index in [4.69, 9.17) is 9.66 Å². The maximum absolute atomic E-state index is 10.6. The third-order valence-corrected chi connectivity index (χ3v) is 1.70. The van der Waals surface area contributed by atoms with E-state index in [-0.39, 0.29) is 35.0 Å². The molecule has 0 aliphatic heterocycles. The minimum absolute atomic E-state index is 0. The van der Waals surface area contributed by atoms with Gasteiger partial charge in [0, 0.05) is 17.1 Å². The van der Waals surface area contributed by atoms with E-state index >= 15 is 0 Å². The Kier molecular flexibility index (Phi) is 7.39. The molecule has 16 heavy (non-hydrogen) atoms. The van der Waals surface area contributed by atoms with Gasteiger partial charge in [-0.15, -0.1) is 12.4 Å². The number of rotatable bonds is 3. The standard InChI is InChI=1S/C7H6O6S.ClH.Fe/c8-7(9)5-3-1-2-4-6(5)13-14(10,11)12;;/h1-4H,(H,8,9)(H,10,11,12);1H;. The minimum atomic E-state index is -4.70. The molecule has 2 N–H and O–H groups in total. The maximum atomic E-state index is 10.6. The first-order chi connectivity index (χ1) is 6.40. The fourth-order valence-electron chi connectivity index (χ4n) is 0.829. The molecule has 0 unspecified atom stereocenters. The number of para-hydroxylation sites is 1. The molecule has 0 fully saturated rings. The Balaban J connectivity index is 0. The molecule has 0 heterocycles. The van der Waals surface area contributed by atoms with Crippen molar-refractivity contribution in [2.75, 3.05) is 0 Å². The smallest absolute Gasteiger partial charge is 0.446 e. The molecule has 0 atom stereocenters. The van der Waals surface area contributed by atoms with Gasteiger partial charge < -0.3 is 9.29 Å². The van der Waals surface area contributed by atoms with E-state index in [2.05, 4.69) is 4.18 Å². The molecule has 9 heteroatoms. The zero-order valence-electron chi connectivity index (χ0n) is 7.51. The van der Waals surface area contributed by atoms with Crippen LogP contribution in [0.2, 0.25) is 0 Å². The van der Waals surface area contributed by atoms with E-state index in [9.17, 15) is 13.2 Å². The van der Waals surface area contributed by atoms with Crippen molar-refractivity contribution in [1.29, 1.82) is 0 Å². The summed E-state index contributed by atoms with van der Waals surface area (Å²) in [5.41, 5.74) is -0.342. The number of aromatic carboxylic acids is 1. The molecule has 0 saturated heterocycles. The van der Waals surface area contributed by atoms with Crippen LogP contribution in [0.5, 0.6) is 5.75 Å². The van der Waals surface area contributed by atoms with Crippen LogP contribution in [0.15, 0.2) is 24.3 Å². The summed E-state index contributed by atoms with van der Waals surface area (Å²) in [5.74, 6) is -1.77. The number of benzene rings is 1. The molecule has 0 aromatic heterocycles. The first-order valence-corrected chi connectivity index (χ1v) is 4.76. The van der Waals surface area contributed by atoms with Gasteiger partial charge in [-0.1, -0.05) is 12.1 Å². The number of hydrogen-bond acceptors (Lipinski definition) is 4. The second-order valence-electron chi connectivity index (χ2n) is 2.31. The first-order valence-electron chi connectivity index (χ1n) is 3.39. The fraction of sp³-hybridized carbons (Fsp3) is 0. The molecule has 1 rings (SSSR count). The molecule has 0 radical (unpaired) electrons. The Labute approximate surface area is 108 Å². The predicted molar refractivity (Wildman–Crippen MR) is 52.8 cm³/mol. The van der Waals surface area contributed by atoms with Gasteiger partial charge in [-0.3, -0.25) is 4.55 Å². The van der Waals surface area contributed by atoms with Gasteiger partial charge in [0.05, 0.1) is 0 Å². The van der Waals surface area contributed by atoms with Gasteiger partial charge in [0.25, 0.3) is 0 Å². The van der Waals surface area contributed by atoms with Crippen LogP contribution in [0.25, 0.3) is 0 Å². The van der Waals surface area contributed by atoms with Crippen molar-refractivity contribution in [1.82, 2.24) is 0 Å². The summed E-state index contributed by atoms with van der Waals surface area (Å²) in [6, 6.07) is 5.06. The van der Waals surface area contributed by atoms with Crippen molar-refractivity contribution in [2.45, 2.75) is 0 Å². The predicted octanol–water partition coefficient (Wildman–Crippen LogP) is 0.986. The third-order valence-electron chi connectivity index (χ3n) is 1.31. The van der Waals surface area contributed by atoms with Gasteiger partial charge in [0.1, 0.15) is 5.56 Å². The van der Waals surface area contributed by atoms with E-state index in [0.29, 0.717) is 0 Å². The molecule has 6 nitrogen and oxygen atoms in total. The zero-order valence-corrected chi connectivity index (χ0v) is 10.2. The Bertz CT molecular complexity index is 460. The Morgan fingerprint density at radius 1 is 1.25 bits per heavy atom. The van der Waals surface area contributed by atoms with Crippen molar-refractivity contribution in [3.05, 3.63) is 29.8 Å². The van der Waals surface area contributed by atoms with Crippen LogP contribution in [-0.4, -0.2) is 24.0 Å². The Hall–Kier alpha value is -0.791. The van der Waals surface area contributed by atoms with Gasteiger partial charge in [-0.2, -0.15) is 8.42 Å². The van der Waals surface area contributed by atoms with Crippen molar-refractivity contribution in [3.8, 4) is 5.75 Å². The number of carboxylic acids is 1. The van der Waals surface area contributed by atoms with Crippen molar-refractivity contribution >= 4 is 28.8 Å². The van der Waals surface area contributed by atoms with Crippen molar-refractivity contribution in [3.63, 3.8) is 0 Å². The molecule has 0 spiro atoms. The zero-order chi connectivity index (χ0) is 10.8. The Morgan fingerprint density at radius 2 is 1.75 bits per heavy atom. The van der Waals surface area contributed by atoms with Gasteiger partial charge in [-0.05, 0) is 12.1 Å². The SMILES string of the molecule is Cl.O=C(O)c1ccccc1OS(=O)(=O)O.[Fe]. The summed E-state index contributed by atoms with van der Waals surface area (Å²) in [6.45, 7) is 0. The van der Waals surface area contributed by atoms with Crippen molar-refractivity contribution in [2.24, 2.45) is 0 Å². The molecule has 1 aromatic carbocycles. The molecule has 0 bridgehead atoms. The monoisotopic (exact) mass is 310 g/mol. The summed E-state index contributed by atoms with van der Waals surface area (Å²) in [6.07, 6.45) is 0. The normalized spacial score (nSPS) is 9.56. The second-order valence-corrected chi connectivity index (χ2v) is 3.33. The summed E-state index contributed by atoms with van der Waals surface area (Å²) < 4.78 is 33.0. The molecular weight excluding hydrogens is 303 g/mol. The second kappa shape index (κ2) is 6.72. The van der Waals surface area contributed by atoms with Crippen LogP contribution in [0.4, 0.5) is 0 Å². The average Bonchev–Trinajstić information content (AvgIpc) is 2.01. The fourth-order valence-corrected chi connectivity index (χ4v) is 1.20. The Morgan fingerprint density at radius 3 is 2.19 bits per heavy atom. The van der Waals surface area contributed by atoms with Gasteiger partial charge in [0.2, 0.25) is 0 Å². The molecule has 0 amide bonds. The summed E-state index contributed by atoms with van der Waals surface area (Å²) in [4.78, 5) is 10.6. The van der Waals surface area contributed by atoms with Gasteiger partial charge in [0.15, 0.2) is 5.75 Å². The van der Waals surface area contributed by atoms with Crippen LogP contribution in [0, 0.1) is 0 Å². The van der Waals surface area contributed by atoms with E-state index in [0.717, 1.165) is 12.1 Å². The number of carboxylic acid groups (broad SMARTS) is 1. The van der Waals surface area contributed by atoms with Crippen LogP contribution in [-0.2, 0) is 27.5 Å². The van der Waals surface area contributed by atoms with Crippen molar-refractivity contribution < 1.29 is 44.1 Å². The van der Waals surface area contributed by atoms with Crippen LogP contribution >= 0.6 is 12.4 Å². The summed E-state index contributed by atoms with van der Waals surface area (Å²) >= 11 is 0. The van der Waals surface area contributed by atoms with Crippen LogP contribution in [0.3, 0.4) is 0 Å². The quantitative estimate of drug-likeness (QED) is 0.637. The summed E-state index contributed by atoms with van der Waals surface area (Å²) in [7, 11) is -4.70. The number of halogens is 1. The molecular formula is C7H7ClFeO6S. The van der Waals surface area contributed by atoms with E-state index in [1.807, 2.05) is 0 Å². The molecule has 0 aliphatic carbocycles. The minimum Gasteiger partial charge on any atom is -0.478 e. The number of carbonyl (C=O) groups is 1. The van der Waals surface area contributed by atoms with Crippen LogP contribution < -0.4 is 4.18 Å². The van der Waals surface area contributed by atoms with Gasteiger partial charge in [-0.25, -0.2) is 4.79 Å². The topological polar surface area (TPSA) is 101 Å². The van der Waals surface area contributed by atoms with E-state index in [1.54, 1.807) is 0 Å². The maximum Gasteiger partial charge on any atom is 0.446 e. The largest absolute Gasteiger partial charge is 0.478 e. The molecule has 92 valence electrons. The van der Waals surface area contributed by atoms with Crippen LogP contribution in [0.1, 0.15) is 10.4 Å². The number of hydrogen-bond donors (Lipinski definition) is 2. The third kappa shape index (κ3) is 5.34. The van der Waals surface area contributed by atoms with E-state index in [1.165, 1.54) is 12.1 Å². The van der Waals surface area contributed by atoms with Gasteiger partial charge >= 0.3 is 16.4 Å². The molecule has 0 saturated carbocycles. The molecule has 1 aromatic rings. The van der Waals surface area contributed by atoms with E-state index < -0.39 is 22.1 Å².